The Labute approximate surface area is 194 Å². The van der Waals surface area contributed by atoms with Crippen molar-refractivity contribution in [1.29, 1.82) is 5.26 Å². The molecule has 0 saturated heterocycles. The van der Waals surface area contributed by atoms with Crippen LogP contribution in [-0.4, -0.2) is 17.8 Å². The third kappa shape index (κ3) is 8.20. The van der Waals surface area contributed by atoms with Crippen molar-refractivity contribution in [3.63, 3.8) is 0 Å². The molecule has 0 heterocycles. The maximum absolute atomic E-state index is 11.1. The first-order valence-electron chi connectivity index (χ1n) is 11.8. The van der Waals surface area contributed by atoms with E-state index in [1.165, 1.54) is 5.56 Å². The van der Waals surface area contributed by atoms with Crippen LogP contribution in [0, 0.1) is 35.0 Å². The molecule has 1 rings (SSSR count). The van der Waals surface area contributed by atoms with Crippen molar-refractivity contribution >= 4 is 5.57 Å². The quantitative estimate of drug-likeness (QED) is 0.178. The second-order valence-electron chi connectivity index (χ2n) is 8.94. The number of nitrogens with zero attached hydrogens (tertiary/aromatic N) is 2. The first-order chi connectivity index (χ1) is 15.3. The minimum absolute atomic E-state index is 0.0448. The highest BCUT2D eigenvalue weighted by Gasteiger charge is 2.18. The fourth-order valence-corrected chi connectivity index (χ4v) is 4.15. The zero-order chi connectivity index (χ0) is 24.1. The number of aryl methyl sites for hydroxylation is 1. The van der Waals surface area contributed by atoms with E-state index in [4.69, 9.17) is 5.11 Å². The van der Waals surface area contributed by atoms with Gasteiger partial charge in [-0.25, -0.2) is 0 Å². The fourth-order valence-electron chi connectivity index (χ4n) is 4.15. The smallest absolute Gasteiger partial charge is 0.0998 e. The van der Waals surface area contributed by atoms with Crippen molar-refractivity contribution in [3.8, 4) is 6.07 Å². The lowest BCUT2D eigenvalue weighted by Gasteiger charge is -2.18. The minimum atomic E-state index is -0.216. The van der Waals surface area contributed by atoms with Gasteiger partial charge in [-0.2, -0.15) is 10.2 Å². The number of aliphatic hydroxyl groups is 1. The van der Waals surface area contributed by atoms with Crippen LogP contribution in [0.1, 0.15) is 81.5 Å². The summed E-state index contributed by atoms with van der Waals surface area (Å²) in [6, 6.07) is 6.03. The number of hydrogen-bond donors (Lipinski definition) is 1. The molecular formula is C28H40N2O2. The van der Waals surface area contributed by atoms with Crippen molar-refractivity contribution in [1.82, 2.24) is 0 Å². The number of hydrogen-bond acceptors (Lipinski definition) is 4. The summed E-state index contributed by atoms with van der Waals surface area (Å²) in [5.74, 6) is 0.407. The molecule has 0 aliphatic carbocycles. The zero-order valence-electron chi connectivity index (χ0n) is 20.4. The third-order valence-corrected chi connectivity index (χ3v) is 6.25. The number of nitroso groups, excluding NO2 is 1. The molecule has 0 fully saturated rings. The fraction of sp³-hybridized carbons (Fsp3) is 0.536. The van der Waals surface area contributed by atoms with Gasteiger partial charge in [-0.15, -0.1) is 0 Å². The van der Waals surface area contributed by atoms with Gasteiger partial charge in [0.1, 0.15) is 0 Å². The van der Waals surface area contributed by atoms with Crippen LogP contribution in [0.3, 0.4) is 0 Å². The Morgan fingerprint density at radius 3 is 2.59 bits per heavy atom. The summed E-state index contributed by atoms with van der Waals surface area (Å²) in [5.41, 5.74) is 5.92. The molecule has 1 aromatic rings. The molecule has 3 atom stereocenters. The van der Waals surface area contributed by atoms with Crippen LogP contribution in [0.25, 0.3) is 5.57 Å². The predicted octanol–water partition coefficient (Wildman–Crippen LogP) is 7.29. The molecule has 0 radical (unpaired) electrons. The number of benzene rings is 1. The molecule has 1 unspecified atom stereocenters. The molecule has 0 bridgehead atoms. The topological polar surface area (TPSA) is 73.5 Å². The predicted molar refractivity (Wildman–Crippen MR) is 135 cm³/mol. The highest BCUT2D eigenvalue weighted by molar-refractivity contribution is 5.72. The minimum Gasteiger partial charge on any atom is -0.396 e. The van der Waals surface area contributed by atoms with Crippen LogP contribution in [0.5, 0.6) is 0 Å². The summed E-state index contributed by atoms with van der Waals surface area (Å²) in [4.78, 5) is 11.1. The van der Waals surface area contributed by atoms with Crippen LogP contribution in [0.2, 0.25) is 0 Å². The Morgan fingerprint density at radius 2 is 2.00 bits per heavy atom. The molecule has 1 N–H and O–H groups in total. The van der Waals surface area contributed by atoms with E-state index in [0.29, 0.717) is 11.5 Å². The van der Waals surface area contributed by atoms with E-state index in [1.807, 2.05) is 25.1 Å². The molecule has 0 spiro atoms. The van der Waals surface area contributed by atoms with Crippen LogP contribution in [0.4, 0.5) is 0 Å². The number of aliphatic hydroxyl groups excluding tert-OH is 1. The Balaban J connectivity index is 2.80. The highest BCUT2D eigenvalue weighted by Crippen LogP contribution is 2.31. The van der Waals surface area contributed by atoms with Crippen molar-refractivity contribution < 1.29 is 5.11 Å². The Bertz CT molecular complexity index is 848. The number of nitriles is 1. The van der Waals surface area contributed by atoms with Gasteiger partial charge in [-0.05, 0) is 79.7 Å². The lowest BCUT2D eigenvalue weighted by Crippen LogP contribution is -2.16. The van der Waals surface area contributed by atoms with Crippen molar-refractivity contribution in [2.45, 2.75) is 78.7 Å². The Morgan fingerprint density at radius 1 is 1.28 bits per heavy atom. The standard InChI is InChI=1S/C28H40N2O2/c1-7-11-27(30-32)23(5)21(3)13-10-12-20(2)18-22(4)28-24(6)25(14-8-9-17-31)15-16-26(28)19-29/h10,13,15-16,20,23,27,31H,3-4,7-9,11-12,14,17-18H2,1-2,5-6H3/b13-10-/t20-,23+,27?/m0/s1. The molecule has 4 heteroatoms. The van der Waals surface area contributed by atoms with Crippen molar-refractivity contribution in [2.24, 2.45) is 17.0 Å². The largest absolute Gasteiger partial charge is 0.396 e. The molecule has 4 nitrogen and oxygen atoms in total. The second-order valence-corrected chi connectivity index (χ2v) is 8.94. The van der Waals surface area contributed by atoms with E-state index in [9.17, 15) is 10.2 Å². The summed E-state index contributed by atoms with van der Waals surface area (Å²) >= 11 is 0. The van der Waals surface area contributed by atoms with Crippen molar-refractivity contribution in [3.05, 3.63) is 70.2 Å². The Kier molecular flexibility index (Phi) is 12.5. The van der Waals surface area contributed by atoms with Gasteiger partial charge in [-0.3, -0.25) is 0 Å². The monoisotopic (exact) mass is 436 g/mol. The van der Waals surface area contributed by atoms with Gasteiger partial charge < -0.3 is 5.11 Å². The maximum atomic E-state index is 11.1. The summed E-state index contributed by atoms with van der Waals surface area (Å²) in [5, 5.41) is 21.9. The van der Waals surface area contributed by atoms with Crippen LogP contribution in [0.15, 0.2) is 48.2 Å². The van der Waals surface area contributed by atoms with Gasteiger partial charge in [0.05, 0.1) is 17.7 Å². The molecular weight excluding hydrogens is 396 g/mol. The van der Waals surface area contributed by atoms with Gasteiger partial charge in [0.2, 0.25) is 0 Å². The van der Waals surface area contributed by atoms with Gasteiger partial charge >= 0.3 is 0 Å². The first-order valence-corrected chi connectivity index (χ1v) is 11.8. The molecule has 32 heavy (non-hydrogen) atoms. The zero-order valence-corrected chi connectivity index (χ0v) is 20.4. The molecule has 0 saturated carbocycles. The molecule has 1 aromatic carbocycles. The van der Waals surface area contributed by atoms with Crippen LogP contribution < -0.4 is 0 Å². The van der Waals surface area contributed by atoms with Gasteiger partial charge in [0.25, 0.3) is 0 Å². The molecule has 0 aromatic heterocycles. The normalized spacial score (nSPS) is 14.0. The molecule has 0 aliphatic rings. The lowest BCUT2D eigenvalue weighted by atomic mass is 9.86. The van der Waals surface area contributed by atoms with Gasteiger partial charge in [0.15, 0.2) is 0 Å². The Hall–Kier alpha value is -2.51. The highest BCUT2D eigenvalue weighted by atomic mass is 16.3. The van der Waals surface area contributed by atoms with E-state index in [-0.39, 0.29) is 18.6 Å². The van der Waals surface area contributed by atoms with Crippen molar-refractivity contribution in [2.75, 3.05) is 6.61 Å². The summed E-state index contributed by atoms with van der Waals surface area (Å²) in [6.07, 6.45) is 10.1. The van der Waals surface area contributed by atoms with Crippen LogP contribution in [-0.2, 0) is 6.42 Å². The van der Waals surface area contributed by atoms with E-state index in [2.05, 4.69) is 51.3 Å². The summed E-state index contributed by atoms with van der Waals surface area (Å²) < 4.78 is 0. The third-order valence-electron chi connectivity index (χ3n) is 6.25. The molecule has 0 amide bonds. The average Bonchev–Trinajstić information content (AvgIpc) is 2.77. The average molecular weight is 437 g/mol. The number of rotatable bonds is 15. The van der Waals surface area contributed by atoms with Crippen LogP contribution >= 0.6 is 0 Å². The van der Waals surface area contributed by atoms with Gasteiger partial charge in [-0.1, -0.05) is 69.3 Å². The van der Waals surface area contributed by atoms with E-state index in [0.717, 1.165) is 67.2 Å². The van der Waals surface area contributed by atoms with E-state index < -0.39 is 0 Å². The van der Waals surface area contributed by atoms with E-state index in [1.54, 1.807) is 0 Å². The number of allylic oxidation sites excluding steroid dienone is 3. The molecule has 0 aliphatic heterocycles. The molecule has 174 valence electrons. The van der Waals surface area contributed by atoms with Gasteiger partial charge in [0, 0.05) is 12.5 Å². The lowest BCUT2D eigenvalue weighted by molar-refractivity contribution is 0.284. The summed E-state index contributed by atoms with van der Waals surface area (Å²) in [6.45, 7) is 17.0. The number of unbranched alkanes of at least 4 members (excludes halogenated alkanes) is 1. The first kappa shape index (κ1) is 27.5. The van der Waals surface area contributed by atoms with E-state index >= 15 is 0 Å². The maximum Gasteiger partial charge on any atom is 0.0998 e. The summed E-state index contributed by atoms with van der Waals surface area (Å²) in [7, 11) is 0. The SMILES string of the molecule is C=C(C[C@@H](C)C/C=C\C(=C)[C@@H](C)C(CCC)N=O)c1c(C#N)ccc(CCCCO)c1C. The second kappa shape index (κ2) is 14.5.